The summed E-state index contributed by atoms with van der Waals surface area (Å²) < 4.78 is 0. The Morgan fingerprint density at radius 2 is 1.83 bits per heavy atom. The summed E-state index contributed by atoms with van der Waals surface area (Å²) >= 11 is 0. The minimum Gasteiger partial charge on any atom is -0.545 e. The second kappa shape index (κ2) is 5.10. The van der Waals surface area contributed by atoms with Gasteiger partial charge in [-0.2, -0.15) is 0 Å². The number of carbonyl (C=O) groups is 1. The number of carboxylic acids is 1. The van der Waals surface area contributed by atoms with E-state index >= 15 is 0 Å². The van der Waals surface area contributed by atoms with E-state index in [0.29, 0.717) is 29.4 Å². The largest absolute Gasteiger partial charge is 0.545 e. The van der Waals surface area contributed by atoms with E-state index in [0.717, 1.165) is 11.6 Å². The number of nitrogens with one attached hydrogen (secondary N) is 1. The lowest BCUT2D eigenvalue weighted by atomic mass is 9.68. The van der Waals surface area contributed by atoms with Gasteiger partial charge < -0.3 is 15.2 Å². The molecule has 24 heavy (non-hydrogen) atoms. The van der Waals surface area contributed by atoms with Crippen LogP contribution in [0.2, 0.25) is 0 Å². The molecule has 0 aromatic heterocycles. The quantitative estimate of drug-likeness (QED) is 0.924. The van der Waals surface area contributed by atoms with E-state index in [1.165, 1.54) is 30.4 Å². The van der Waals surface area contributed by atoms with Crippen LogP contribution in [-0.2, 0) is 0 Å². The Bertz CT molecular complexity index is 801. The summed E-state index contributed by atoms with van der Waals surface area (Å²) in [5.41, 5.74) is 3.94. The summed E-state index contributed by atoms with van der Waals surface area (Å²) in [7, 11) is 0. The zero-order valence-electron chi connectivity index (χ0n) is 13.4. The molecule has 2 saturated carbocycles. The van der Waals surface area contributed by atoms with Crippen molar-refractivity contribution in [1.29, 1.82) is 0 Å². The molecule has 2 bridgehead atoms. The molecule has 2 aliphatic carbocycles. The average molecular weight is 318 g/mol. The number of carbonyl (C=O) groups excluding carboxylic acids is 1. The number of rotatable bonds is 2. The second-order valence-electron chi connectivity index (χ2n) is 7.56. The van der Waals surface area contributed by atoms with E-state index in [9.17, 15) is 9.90 Å². The molecule has 2 fully saturated rings. The Hall–Kier alpha value is -2.29. The number of hydrogen-bond donors (Lipinski definition) is 1. The van der Waals surface area contributed by atoms with Crippen LogP contribution >= 0.6 is 0 Å². The van der Waals surface area contributed by atoms with Gasteiger partial charge >= 0.3 is 0 Å². The fourth-order valence-corrected chi connectivity index (χ4v) is 5.60. The Balaban J connectivity index is 1.64. The minimum absolute atomic E-state index is 0.301. The van der Waals surface area contributed by atoms with Crippen molar-refractivity contribution in [2.75, 3.05) is 5.32 Å². The highest BCUT2D eigenvalue weighted by molar-refractivity contribution is 5.87. The summed E-state index contributed by atoms with van der Waals surface area (Å²) in [4.78, 5) is 11.3. The van der Waals surface area contributed by atoms with E-state index in [2.05, 4.69) is 35.6 Å². The second-order valence-corrected chi connectivity index (χ2v) is 7.56. The fraction of sp³-hybridized carbons (Fsp3) is 0.381. The van der Waals surface area contributed by atoms with Gasteiger partial charge in [0.15, 0.2) is 0 Å². The molecule has 5 rings (SSSR count). The lowest BCUT2D eigenvalue weighted by molar-refractivity contribution is -0.255. The molecule has 3 nitrogen and oxygen atoms in total. The van der Waals surface area contributed by atoms with Crippen LogP contribution in [0.4, 0.5) is 5.69 Å². The molecule has 0 amide bonds. The minimum atomic E-state index is -1.08. The van der Waals surface area contributed by atoms with Gasteiger partial charge in [0.05, 0.1) is 12.0 Å². The Kier molecular flexibility index (Phi) is 2.99. The molecule has 122 valence electrons. The van der Waals surface area contributed by atoms with E-state index in [1.54, 1.807) is 6.07 Å². The summed E-state index contributed by atoms with van der Waals surface area (Å²) in [6, 6.07) is 16.5. The molecule has 3 heteroatoms. The summed E-state index contributed by atoms with van der Waals surface area (Å²) in [5.74, 6) is 1.41. The van der Waals surface area contributed by atoms with Gasteiger partial charge in [-0.25, -0.2) is 0 Å². The number of benzene rings is 2. The van der Waals surface area contributed by atoms with Crippen LogP contribution in [0.25, 0.3) is 0 Å². The number of anilines is 1. The molecular weight excluding hydrogens is 298 g/mol. The maximum atomic E-state index is 11.3. The SMILES string of the molecule is O=C([O-])c1ccc2c(c1)[C@H]1[C@H]3CC[C@@H](C3)[C@H]1[C@@H](c1ccccc1)N2. The van der Waals surface area contributed by atoms with Crippen LogP contribution < -0.4 is 10.4 Å². The van der Waals surface area contributed by atoms with Crippen LogP contribution in [0.15, 0.2) is 48.5 Å². The van der Waals surface area contributed by atoms with Crippen LogP contribution in [0.1, 0.15) is 52.7 Å². The molecular formula is C21H20NO2-. The number of carboxylic acid groups (broad SMARTS) is 1. The van der Waals surface area contributed by atoms with Crippen molar-refractivity contribution in [3.05, 3.63) is 65.2 Å². The third kappa shape index (κ3) is 1.94. The average Bonchev–Trinajstić information content (AvgIpc) is 3.23. The fourth-order valence-electron chi connectivity index (χ4n) is 5.60. The number of hydrogen-bond acceptors (Lipinski definition) is 3. The van der Waals surface area contributed by atoms with Crippen molar-refractivity contribution in [2.45, 2.75) is 31.2 Å². The van der Waals surface area contributed by atoms with E-state index in [4.69, 9.17) is 0 Å². The summed E-state index contributed by atoms with van der Waals surface area (Å²) in [5, 5.41) is 15.0. The maximum Gasteiger partial charge on any atom is 0.0715 e. The molecule has 2 aromatic rings. The first-order valence-electron chi connectivity index (χ1n) is 8.89. The first-order valence-corrected chi connectivity index (χ1v) is 8.89. The molecule has 0 saturated heterocycles. The highest BCUT2D eigenvalue weighted by atomic mass is 16.4. The topological polar surface area (TPSA) is 52.2 Å². The predicted octanol–water partition coefficient (Wildman–Crippen LogP) is 3.35. The lowest BCUT2D eigenvalue weighted by Gasteiger charge is -2.43. The normalized spacial score (nSPS) is 32.8. The lowest BCUT2D eigenvalue weighted by Crippen LogP contribution is -2.35. The summed E-state index contributed by atoms with van der Waals surface area (Å²) in [6.07, 6.45) is 3.88. The van der Waals surface area contributed by atoms with E-state index in [-0.39, 0.29) is 0 Å². The molecule has 0 unspecified atom stereocenters. The van der Waals surface area contributed by atoms with Crippen molar-refractivity contribution < 1.29 is 9.90 Å². The molecule has 5 atom stereocenters. The maximum absolute atomic E-state index is 11.3. The van der Waals surface area contributed by atoms with Gasteiger partial charge in [-0.3, -0.25) is 0 Å². The zero-order valence-corrected chi connectivity index (χ0v) is 13.4. The molecule has 0 radical (unpaired) electrons. The predicted molar refractivity (Wildman–Crippen MR) is 90.6 cm³/mol. The first-order chi connectivity index (χ1) is 11.7. The van der Waals surface area contributed by atoms with E-state index in [1.807, 2.05) is 12.1 Å². The van der Waals surface area contributed by atoms with Gasteiger partial charge in [0.1, 0.15) is 0 Å². The molecule has 1 heterocycles. The van der Waals surface area contributed by atoms with Crippen LogP contribution in [-0.4, -0.2) is 5.97 Å². The Morgan fingerprint density at radius 1 is 1.04 bits per heavy atom. The summed E-state index contributed by atoms with van der Waals surface area (Å²) in [6.45, 7) is 0. The third-order valence-electron chi connectivity index (χ3n) is 6.48. The van der Waals surface area contributed by atoms with Gasteiger partial charge in [0, 0.05) is 5.69 Å². The number of fused-ring (bicyclic) bond motifs is 7. The van der Waals surface area contributed by atoms with Crippen LogP contribution in [0.5, 0.6) is 0 Å². The van der Waals surface area contributed by atoms with Crippen LogP contribution in [0, 0.1) is 17.8 Å². The smallest absolute Gasteiger partial charge is 0.0715 e. The standard InChI is InChI=1S/C21H21NO2/c23-21(24)15-8-9-17-16(11-15)18-13-6-7-14(10-13)19(18)20(22-17)12-4-2-1-3-5-12/h1-5,8-9,11,13-14,18-20,22H,6-7,10H2,(H,23,24)/p-1/t13-,14-,18+,19+,20+/m0/s1. The third-order valence-corrected chi connectivity index (χ3v) is 6.48. The van der Waals surface area contributed by atoms with Crippen molar-refractivity contribution >= 4 is 11.7 Å². The molecule has 1 N–H and O–H groups in total. The van der Waals surface area contributed by atoms with Gasteiger partial charge in [-0.05, 0) is 71.8 Å². The molecule has 3 aliphatic rings. The first kappa shape index (κ1) is 14.1. The van der Waals surface area contributed by atoms with Crippen molar-refractivity contribution in [3.63, 3.8) is 0 Å². The van der Waals surface area contributed by atoms with Gasteiger partial charge in [-0.1, -0.05) is 36.4 Å². The highest BCUT2D eigenvalue weighted by Crippen LogP contribution is 2.63. The molecule has 2 aromatic carbocycles. The number of aromatic carboxylic acids is 1. The Morgan fingerprint density at radius 3 is 2.62 bits per heavy atom. The van der Waals surface area contributed by atoms with E-state index < -0.39 is 5.97 Å². The molecule has 0 spiro atoms. The van der Waals surface area contributed by atoms with Gasteiger partial charge in [-0.15, -0.1) is 0 Å². The van der Waals surface area contributed by atoms with Gasteiger partial charge in [0.25, 0.3) is 0 Å². The zero-order chi connectivity index (χ0) is 16.3. The van der Waals surface area contributed by atoms with Crippen molar-refractivity contribution in [1.82, 2.24) is 0 Å². The molecule has 1 aliphatic heterocycles. The van der Waals surface area contributed by atoms with Crippen molar-refractivity contribution in [2.24, 2.45) is 17.8 Å². The monoisotopic (exact) mass is 318 g/mol. The highest BCUT2D eigenvalue weighted by Gasteiger charge is 2.53. The van der Waals surface area contributed by atoms with Crippen LogP contribution in [0.3, 0.4) is 0 Å². The van der Waals surface area contributed by atoms with Gasteiger partial charge in [0.2, 0.25) is 0 Å². The van der Waals surface area contributed by atoms with Crippen molar-refractivity contribution in [3.8, 4) is 0 Å². The Labute approximate surface area is 141 Å².